The molecule has 0 radical (unpaired) electrons. The number of nitrogens with zero attached hydrogens (tertiary/aromatic N) is 1. The molecule has 4 heteroatoms. The largest absolute Gasteiger partial charge is 0.508 e. The number of phenols is 1. The summed E-state index contributed by atoms with van der Waals surface area (Å²) < 4.78 is 5.17. The Bertz CT molecular complexity index is 362. The molecule has 0 aromatic heterocycles. The van der Waals surface area contributed by atoms with Crippen LogP contribution in [0.5, 0.6) is 5.75 Å². The topological polar surface area (TPSA) is 44.7 Å². The summed E-state index contributed by atoms with van der Waals surface area (Å²) in [5.74, 6) is 0.373. The Morgan fingerprint density at radius 2 is 2.12 bits per heavy atom. The zero-order chi connectivity index (χ0) is 12.1. The van der Waals surface area contributed by atoms with Crippen molar-refractivity contribution in [2.24, 2.45) is 0 Å². The fourth-order valence-corrected chi connectivity index (χ4v) is 2.19. The highest BCUT2D eigenvalue weighted by Crippen LogP contribution is 2.23. The van der Waals surface area contributed by atoms with Gasteiger partial charge in [0.1, 0.15) is 5.75 Å². The second-order valence-corrected chi connectivity index (χ2v) is 4.37. The fraction of sp³-hybridized carbons (Fsp3) is 0.538. The number of nitrogens with one attached hydrogen (secondary N) is 1. The van der Waals surface area contributed by atoms with E-state index in [1.807, 2.05) is 12.1 Å². The molecule has 0 saturated carbocycles. The molecule has 0 atom stereocenters. The minimum Gasteiger partial charge on any atom is -0.508 e. The summed E-state index contributed by atoms with van der Waals surface area (Å²) in [6.07, 6.45) is 0. The highest BCUT2D eigenvalue weighted by atomic mass is 16.5. The third-order valence-corrected chi connectivity index (χ3v) is 3.14. The van der Waals surface area contributed by atoms with Gasteiger partial charge in [0.25, 0.3) is 0 Å². The Hall–Kier alpha value is -1.10. The molecule has 1 aromatic carbocycles. The van der Waals surface area contributed by atoms with Crippen LogP contribution in [0.3, 0.4) is 0 Å². The van der Waals surface area contributed by atoms with Crippen LogP contribution in [-0.4, -0.2) is 43.3 Å². The van der Waals surface area contributed by atoms with Crippen LogP contribution in [0.15, 0.2) is 18.2 Å². The quantitative estimate of drug-likeness (QED) is 0.817. The van der Waals surface area contributed by atoms with Gasteiger partial charge < -0.3 is 15.2 Å². The SMILES string of the molecule is COCc1cccc(O)c1CN1CCNCC1. The average molecular weight is 236 g/mol. The molecule has 2 rings (SSSR count). The van der Waals surface area contributed by atoms with Crippen LogP contribution in [0.25, 0.3) is 0 Å². The molecule has 1 aliphatic heterocycles. The third kappa shape index (κ3) is 3.19. The summed E-state index contributed by atoms with van der Waals surface area (Å²) in [6, 6.07) is 5.63. The molecule has 94 valence electrons. The van der Waals surface area contributed by atoms with Crippen LogP contribution in [0.1, 0.15) is 11.1 Å². The van der Waals surface area contributed by atoms with E-state index < -0.39 is 0 Å². The molecule has 1 fully saturated rings. The van der Waals surface area contributed by atoms with Crippen LogP contribution in [0.4, 0.5) is 0 Å². The highest BCUT2D eigenvalue weighted by molar-refractivity contribution is 5.39. The van der Waals surface area contributed by atoms with Crippen molar-refractivity contribution < 1.29 is 9.84 Å². The summed E-state index contributed by atoms with van der Waals surface area (Å²) in [4.78, 5) is 2.35. The van der Waals surface area contributed by atoms with Crippen molar-refractivity contribution in [1.82, 2.24) is 10.2 Å². The molecule has 2 N–H and O–H groups in total. The summed E-state index contributed by atoms with van der Waals surface area (Å²) >= 11 is 0. The van der Waals surface area contributed by atoms with E-state index in [9.17, 15) is 5.11 Å². The van der Waals surface area contributed by atoms with E-state index in [2.05, 4.69) is 10.2 Å². The number of methoxy groups -OCH3 is 1. The summed E-state index contributed by atoms with van der Waals surface area (Å²) in [5.41, 5.74) is 2.07. The molecule has 4 nitrogen and oxygen atoms in total. The highest BCUT2D eigenvalue weighted by Gasteiger charge is 2.14. The molecule has 1 aliphatic rings. The standard InChI is InChI=1S/C13H20N2O2/c1-17-10-11-3-2-4-13(16)12(11)9-15-7-5-14-6-8-15/h2-4,14,16H,5-10H2,1H3. The summed E-state index contributed by atoms with van der Waals surface area (Å²) in [5, 5.41) is 13.3. The van der Waals surface area contributed by atoms with Gasteiger partial charge >= 0.3 is 0 Å². The third-order valence-electron chi connectivity index (χ3n) is 3.14. The van der Waals surface area contributed by atoms with Crippen molar-refractivity contribution in [3.05, 3.63) is 29.3 Å². The number of hydrogen-bond donors (Lipinski definition) is 2. The Labute approximate surface area is 102 Å². The van der Waals surface area contributed by atoms with E-state index in [1.54, 1.807) is 13.2 Å². The van der Waals surface area contributed by atoms with Crippen LogP contribution in [0.2, 0.25) is 0 Å². The first-order valence-corrected chi connectivity index (χ1v) is 6.03. The molecule has 1 heterocycles. The van der Waals surface area contributed by atoms with Gasteiger partial charge in [0.2, 0.25) is 0 Å². The first-order chi connectivity index (χ1) is 8.31. The van der Waals surface area contributed by atoms with E-state index in [0.717, 1.165) is 43.9 Å². The number of rotatable bonds is 4. The van der Waals surface area contributed by atoms with Crippen molar-refractivity contribution in [3.8, 4) is 5.75 Å². The molecule has 0 unspecified atom stereocenters. The van der Waals surface area contributed by atoms with Gasteiger partial charge in [0, 0.05) is 45.4 Å². The van der Waals surface area contributed by atoms with Gasteiger partial charge in [-0.1, -0.05) is 12.1 Å². The van der Waals surface area contributed by atoms with Crippen LogP contribution < -0.4 is 5.32 Å². The van der Waals surface area contributed by atoms with Crippen molar-refractivity contribution in [3.63, 3.8) is 0 Å². The summed E-state index contributed by atoms with van der Waals surface area (Å²) in [6.45, 7) is 5.45. The normalized spacial score (nSPS) is 17.2. The van der Waals surface area contributed by atoms with Crippen LogP contribution >= 0.6 is 0 Å². The first kappa shape index (κ1) is 12.4. The lowest BCUT2D eigenvalue weighted by atomic mass is 10.1. The number of phenolic OH excluding ortho intramolecular Hbond substituents is 1. The number of benzene rings is 1. The van der Waals surface area contributed by atoms with E-state index in [4.69, 9.17) is 4.74 Å². The van der Waals surface area contributed by atoms with Crippen LogP contribution in [-0.2, 0) is 17.9 Å². The maximum Gasteiger partial charge on any atom is 0.120 e. The number of aromatic hydroxyl groups is 1. The predicted octanol–water partition coefficient (Wildman–Crippen LogP) is 0.944. The van der Waals surface area contributed by atoms with Gasteiger partial charge in [0.05, 0.1) is 6.61 Å². The monoisotopic (exact) mass is 236 g/mol. The zero-order valence-corrected chi connectivity index (χ0v) is 10.3. The lowest BCUT2D eigenvalue weighted by molar-refractivity contribution is 0.180. The number of ether oxygens (including phenoxy) is 1. The summed E-state index contributed by atoms with van der Waals surface area (Å²) in [7, 11) is 1.68. The molecule has 0 bridgehead atoms. The lowest BCUT2D eigenvalue weighted by Gasteiger charge is -2.28. The van der Waals surface area contributed by atoms with Gasteiger partial charge in [-0.15, -0.1) is 0 Å². The van der Waals surface area contributed by atoms with Crippen molar-refractivity contribution in [2.75, 3.05) is 33.3 Å². The Morgan fingerprint density at radius 1 is 1.35 bits per heavy atom. The Kier molecular flexibility index (Phi) is 4.36. The smallest absolute Gasteiger partial charge is 0.120 e. The Morgan fingerprint density at radius 3 is 2.82 bits per heavy atom. The van der Waals surface area contributed by atoms with E-state index in [1.165, 1.54) is 0 Å². The molecule has 1 aromatic rings. The van der Waals surface area contributed by atoms with Crippen molar-refractivity contribution in [1.29, 1.82) is 0 Å². The predicted molar refractivity (Wildman–Crippen MR) is 67.0 cm³/mol. The van der Waals surface area contributed by atoms with Gasteiger partial charge in [-0.05, 0) is 11.6 Å². The van der Waals surface area contributed by atoms with Crippen LogP contribution in [0, 0.1) is 0 Å². The van der Waals surface area contributed by atoms with E-state index in [-0.39, 0.29) is 0 Å². The number of piperazine rings is 1. The van der Waals surface area contributed by atoms with E-state index in [0.29, 0.717) is 12.4 Å². The molecular weight excluding hydrogens is 216 g/mol. The van der Waals surface area contributed by atoms with Crippen molar-refractivity contribution >= 4 is 0 Å². The van der Waals surface area contributed by atoms with Gasteiger partial charge in [-0.2, -0.15) is 0 Å². The maximum absolute atomic E-state index is 9.95. The minimum absolute atomic E-state index is 0.373. The minimum atomic E-state index is 0.373. The maximum atomic E-state index is 9.95. The molecule has 0 aliphatic carbocycles. The second-order valence-electron chi connectivity index (χ2n) is 4.37. The zero-order valence-electron chi connectivity index (χ0n) is 10.3. The molecule has 1 saturated heterocycles. The van der Waals surface area contributed by atoms with E-state index >= 15 is 0 Å². The molecular formula is C13H20N2O2. The molecule has 17 heavy (non-hydrogen) atoms. The lowest BCUT2D eigenvalue weighted by Crippen LogP contribution is -2.43. The van der Waals surface area contributed by atoms with Gasteiger partial charge in [-0.3, -0.25) is 4.90 Å². The van der Waals surface area contributed by atoms with Gasteiger partial charge in [0.15, 0.2) is 0 Å². The van der Waals surface area contributed by atoms with Crippen molar-refractivity contribution in [2.45, 2.75) is 13.2 Å². The Balaban J connectivity index is 2.12. The van der Waals surface area contributed by atoms with Gasteiger partial charge in [-0.25, -0.2) is 0 Å². The second kappa shape index (κ2) is 6.00. The molecule has 0 spiro atoms. The average Bonchev–Trinajstić information content (AvgIpc) is 2.35. The molecule has 0 amide bonds. The first-order valence-electron chi connectivity index (χ1n) is 6.03. The fourth-order valence-electron chi connectivity index (χ4n) is 2.19. The number of hydrogen-bond acceptors (Lipinski definition) is 4.